The maximum atomic E-state index is 9.00. The first-order valence-corrected chi connectivity index (χ1v) is 2.70. The maximum Gasteiger partial charge on any atom is 0.300 e. The second-order valence-electron chi connectivity index (χ2n) is 1.51. The number of aliphatic hydroxyl groups excluding tert-OH is 1. The van der Waals surface area contributed by atoms with Gasteiger partial charge in [-0.2, -0.15) is 0 Å². The van der Waals surface area contributed by atoms with Crippen molar-refractivity contribution in [1.29, 1.82) is 0 Å². The topological polar surface area (TPSA) is 57.5 Å². The summed E-state index contributed by atoms with van der Waals surface area (Å²) in [6, 6.07) is 0. The van der Waals surface area contributed by atoms with Gasteiger partial charge in [0.15, 0.2) is 0 Å². The normalized spacial score (nSPS) is 8.20. The van der Waals surface area contributed by atoms with E-state index in [1.54, 1.807) is 6.08 Å². The Morgan fingerprint density at radius 3 is 1.80 bits per heavy atom. The molecule has 0 aliphatic carbocycles. The molecule has 0 amide bonds. The summed E-state index contributed by atoms with van der Waals surface area (Å²) in [5.74, 6) is -0.725. The van der Waals surface area contributed by atoms with Crippen LogP contribution in [0.5, 0.6) is 0 Å². The van der Waals surface area contributed by atoms with Gasteiger partial charge in [-0.25, -0.2) is 0 Å². The van der Waals surface area contributed by atoms with Gasteiger partial charge in [-0.3, -0.25) is 4.79 Å². The van der Waals surface area contributed by atoms with Crippen molar-refractivity contribution in [3.63, 3.8) is 0 Å². The standard InChI is InChI=1S/C5H8O.C2H4O2/c1-3-4-5(2)6;1-2(3)4/h3-4,6H,2H2,1H3;1H3,(H,3,4). The van der Waals surface area contributed by atoms with Gasteiger partial charge in [0.05, 0.1) is 0 Å². The first-order valence-electron chi connectivity index (χ1n) is 2.70. The number of aliphatic hydroxyl groups is 1. The third-order valence-corrected chi connectivity index (χ3v) is 0.359. The molecule has 0 aromatic heterocycles. The fraction of sp³-hybridized carbons (Fsp3) is 0.286. The highest BCUT2D eigenvalue weighted by molar-refractivity contribution is 5.62. The lowest BCUT2D eigenvalue weighted by molar-refractivity contribution is -0.134. The van der Waals surface area contributed by atoms with Crippen LogP contribution in [0.3, 0.4) is 0 Å². The zero-order valence-corrected chi connectivity index (χ0v) is 6.16. The number of aliphatic carboxylic acids is 1. The third-order valence-electron chi connectivity index (χ3n) is 0.359. The van der Waals surface area contributed by atoms with Crippen molar-refractivity contribution >= 4 is 5.97 Å². The predicted octanol–water partition coefficient (Wildman–Crippen LogP) is 1.73. The second kappa shape index (κ2) is 7.75. The molecule has 0 aromatic carbocycles. The zero-order valence-electron chi connectivity index (χ0n) is 6.16. The minimum Gasteiger partial charge on any atom is -0.509 e. The molecule has 0 saturated heterocycles. The number of hydrogen-bond donors (Lipinski definition) is 2. The van der Waals surface area contributed by atoms with Crippen LogP contribution in [-0.2, 0) is 4.79 Å². The molecule has 0 saturated carbocycles. The molecular formula is C7H12O3. The molecule has 0 unspecified atom stereocenters. The van der Waals surface area contributed by atoms with Crippen molar-refractivity contribution < 1.29 is 15.0 Å². The molecule has 0 aliphatic heterocycles. The molecule has 3 heteroatoms. The average Bonchev–Trinajstić information content (AvgIpc) is 1.62. The number of hydrogen-bond acceptors (Lipinski definition) is 2. The summed E-state index contributed by atoms with van der Waals surface area (Å²) in [4.78, 5) is 9.00. The Morgan fingerprint density at radius 2 is 1.80 bits per heavy atom. The first-order chi connectivity index (χ1) is 4.50. The molecule has 0 fully saturated rings. The van der Waals surface area contributed by atoms with Crippen LogP contribution in [0.1, 0.15) is 13.8 Å². The summed E-state index contributed by atoms with van der Waals surface area (Å²) in [6.45, 7) is 6.12. The maximum absolute atomic E-state index is 9.00. The van der Waals surface area contributed by atoms with E-state index < -0.39 is 5.97 Å². The van der Waals surface area contributed by atoms with Crippen molar-refractivity contribution in [3.8, 4) is 0 Å². The Balaban J connectivity index is 0. The van der Waals surface area contributed by atoms with Crippen molar-refractivity contribution in [3.05, 3.63) is 24.5 Å². The van der Waals surface area contributed by atoms with Crippen LogP contribution >= 0.6 is 0 Å². The quantitative estimate of drug-likeness (QED) is 0.435. The Morgan fingerprint density at radius 1 is 1.50 bits per heavy atom. The summed E-state index contributed by atoms with van der Waals surface area (Å²) in [5.41, 5.74) is 0. The summed E-state index contributed by atoms with van der Waals surface area (Å²) in [6.07, 6.45) is 3.25. The molecule has 0 radical (unpaired) electrons. The molecule has 0 aliphatic rings. The van der Waals surface area contributed by atoms with E-state index in [1.165, 1.54) is 6.08 Å². The van der Waals surface area contributed by atoms with Gasteiger partial charge in [-0.15, -0.1) is 0 Å². The number of carboxylic acid groups (broad SMARTS) is 1. The van der Waals surface area contributed by atoms with Crippen LogP contribution in [0.2, 0.25) is 0 Å². The fourth-order valence-electron chi connectivity index (χ4n) is 0.192. The lowest BCUT2D eigenvalue weighted by Gasteiger charge is -1.76. The van der Waals surface area contributed by atoms with E-state index in [2.05, 4.69) is 6.58 Å². The lowest BCUT2D eigenvalue weighted by Crippen LogP contribution is -1.78. The SMILES string of the molecule is C=C(O)C=CC.CC(=O)O. The fourth-order valence-corrected chi connectivity index (χ4v) is 0.192. The smallest absolute Gasteiger partial charge is 0.300 e. The van der Waals surface area contributed by atoms with Gasteiger partial charge >= 0.3 is 0 Å². The summed E-state index contributed by atoms with van der Waals surface area (Å²) in [7, 11) is 0. The molecule has 0 atom stereocenters. The molecular weight excluding hydrogens is 132 g/mol. The van der Waals surface area contributed by atoms with Crippen molar-refractivity contribution in [2.24, 2.45) is 0 Å². The van der Waals surface area contributed by atoms with Crippen LogP contribution in [0, 0.1) is 0 Å². The summed E-state index contributed by atoms with van der Waals surface area (Å²) < 4.78 is 0. The number of carbonyl (C=O) groups is 1. The van der Waals surface area contributed by atoms with E-state index in [0.717, 1.165) is 6.92 Å². The average molecular weight is 144 g/mol. The van der Waals surface area contributed by atoms with Crippen molar-refractivity contribution in [2.75, 3.05) is 0 Å². The molecule has 10 heavy (non-hydrogen) atoms. The Labute approximate surface area is 60.3 Å². The summed E-state index contributed by atoms with van der Waals surface area (Å²) in [5, 5.41) is 15.7. The number of carboxylic acids is 1. The highest BCUT2D eigenvalue weighted by atomic mass is 16.4. The van der Waals surface area contributed by atoms with Gasteiger partial charge in [-0.05, 0) is 13.0 Å². The monoisotopic (exact) mass is 144 g/mol. The molecule has 0 heterocycles. The number of rotatable bonds is 1. The highest BCUT2D eigenvalue weighted by Crippen LogP contribution is 1.80. The van der Waals surface area contributed by atoms with Crippen molar-refractivity contribution in [2.45, 2.75) is 13.8 Å². The predicted molar refractivity (Wildman–Crippen MR) is 39.9 cm³/mol. The molecule has 0 aromatic rings. The van der Waals surface area contributed by atoms with Crippen LogP contribution in [0.15, 0.2) is 24.5 Å². The molecule has 0 spiro atoms. The van der Waals surface area contributed by atoms with E-state index in [-0.39, 0.29) is 5.76 Å². The van der Waals surface area contributed by atoms with Crippen LogP contribution in [-0.4, -0.2) is 16.2 Å². The number of allylic oxidation sites excluding steroid dienone is 2. The minimum atomic E-state index is -0.833. The molecule has 0 rings (SSSR count). The molecule has 58 valence electrons. The van der Waals surface area contributed by atoms with Crippen LogP contribution in [0.25, 0.3) is 0 Å². The van der Waals surface area contributed by atoms with Crippen molar-refractivity contribution in [1.82, 2.24) is 0 Å². The van der Waals surface area contributed by atoms with Gasteiger partial charge < -0.3 is 10.2 Å². The molecule has 3 nitrogen and oxygen atoms in total. The van der Waals surface area contributed by atoms with E-state index in [0.29, 0.717) is 0 Å². The van der Waals surface area contributed by atoms with Gasteiger partial charge in [0.1, 0.15) is 5.76 Å². The summed E-state index contributed by atoms with van der Waals surface area (Å²) >= 11 is 0. The van der Waals surface area contributed by atoms with E-state index in [1.807, 2.05) is 6.92 Å². The van der Waals surface area contributed by atoms with Gasteiger partial charge in [0.2, 0.25) is 0 Å². The zero-order chi connectivity index (χ0) is 8.57. The van der Waals surface area contributed by atoms with E-state index in [4.69, 9.17) is 15.0 Å². The lowest BCUT2D eigenvalue weighted by atomic mass is 10.5. The highest BCUT2D eigenvalue weighted by Gasteiger charge is 1.66. The molecule has 2 N–H and O–H groups in total. The van der Waals surface area contributed by atoms with E-state index in [9.17, 15) is 0 Å². The van der Waals surface area contributed by atoms with Gasteiger partial charge in [0, 0.05) is 6.92 Å². The Kier molecular flexibility index (Phi) is 8.94. The third kappa shape index (κ3) is 72.9. The van der Waals surface area contributed by atoms with Crippen LogP contribution < -0.4 is 0 Å². The molecule has 0 bridgehead atoms. The second-order valence-corrected chi connectivity index (χ2v) is 1.51. The van der Waals surface area contributed by atoms with Crippen LogP contribution in [0.4, 0.5) is 0 Å². The Hall–Kier alpha value is -1.25. The first kappa shape index (κ1) is 11.5. The van der Waals surface area contributed by atoms with Gasteiger partial charge in [-0.1, -0.05) is 12.7 Å². The minimum absolute atomic E-state index is 0.109. The van der Waals surface area contributed by atoms with Gasteiger partial charge in [0.25, 0.3) is 5.97 Å². The largest absolute Gasteiger partial charge is 0.509 e. The van der Waals surface area contributed by atoms with E-state index >= 15 is 0 Å². The Bertz CT molecular complexity index is 132.